The summed E-state index contributed by atoms with van der Waals surface area (Å²) < 4.78 is 4.41. The minimum Gasteiger partial charge on any atom is -0.595 e. The third-order valence-electron chi connectivity index (χ3n) is 1.77. The second-order valence-electron chi connectivity index (χ2n) is 2.78. The molecule has 1 unspecified atom stereocenters. The first-order chi connectivity index (χ1) is 7.13. The van der Waals surface area contributed by atoms with E-state index in [1.54, 1.807) is 18.2 Å². The molecule has 0 saturated heterocycles. The summed E-state index contributed by atoms with van der Waals surface area (Å²) in [6.45, 7) is 0. The smallest absolute Gasteiger partial charge is 0.330 e. The molecule has 0 bridgehead atoms. The Morgan fingerprint density at radius 3 is 2.53 bits per heavy atom. The summed E-state index contributed by atoms with van der Waals surface area (Å²) in [5, 5.41) is 18.2. The van der Waals surface area contributed by atoms with Crippen LogP contribution >= 0.6 is 0 Å². The molecule has 0 aliphatic rings. The van der Waals surface area contributed by atoms with Crippen molar-refractivity contribution in [2.45, 2.75) is 0 Å². The molecule has 0 saturated carbocycles. The highest BCUT2D eigenvalue weighted by Gasteiger charge is 1.98. The molecule has 0 fully saturated rings. The molecule has 2 N–H and O–H groups in total. The van der Waals surface area contributed by atoms with Crippen LogP contribution in [0, 0.1) is 5.21 Å². The van der Waals surface area contributed by atoms with Gasteiger partial charge in [-0.15, -0.1) is 0 Å². The van der Waals surface area contributed by atoms with Gasteiger partial charge in [-0.25, -0.2) is 10.0 Å². The van der Waals surface area contributed by atoms with Gasteiger partial charge >= 0.3 is 5.97 Å². The van der Waals surface area contributed by atoms with Crippen molar-refractivity contribution in [2.24, 2.45) is 0 Å². The number of quaternary nitrogens is 1. The predicted octanol–water partition coefficient (Wildman–Crippen LogP) is 0.276. The summed E-state index contributed by atoms with van der Waals surface area (Å²) in [5.74, 6) is -0.447. The summed E-state index contributed by atoms with van der Waals surface area (Å²) in [4.78, 5) is 10.8. The summed E-state index contributed by atoms with van der Waals surface area (Å²) in [6, 6.07) is 6.17. The Labute approximate surface area is 86.7 Å². The zero-order chi connectivity index (χ0) is 11.3. The maximum absolute atomic E-state index is 10.8. The van der Waals surface area contributed by atoms with Gasteiger partial charge in [0.05, 0.1) is 7.11 Å². The third-order valence-corrected chi connectivity index (χ3v) is 1.77. The van der Waals surface area contributed by atoms with E-state index in [-0.39, 0.29) is 5.69 Å². The molecule has 5 nitrogen and oxygen atoms in total. The highest BCUT2D eigenvalue weighted by molar-refractivity contribution is 5.86. The van der Waals surface area contributed by atoms with Gasteiger partial charge in [0.15, 0.2) is 5.69 Å². The Balaban J connectivity index is 2.72. The second kappa shape index (κ2) is 5.26. The number of ether oxygens (including phenoxy) is 1. The molecule has 5 heteroatoms. The number of rotatable bonds is 3. The molecule has 80 valence electrons. The van der Waals surface area contributed by atoms with E-state index in [4.69, 9.17) is 5.21 Å². The monoisotopic (exact) mass is 209 g/mol. The first-order valence-corrected chi connectivity index (χ1v) is 4.23. The van der Waals surface area contributed by atoms with Gasteiger partial charge in [-0.1, -0.05) is 0 Å². The minimum absolute atomic E-state index is 0.213. The van der Waals surface area contributed by atoms with Gasteiger partial charge in [0.2, 0.25) is 0 Å². The molecule has 1 aromatic rings. The van der Waals surface area contributed by atoms with Crippen LogP contribution in [0.2, 0.25) is 0 Å². The predicted molar refractivity (Wildman–Crippen MR) is 53.3 cm³/mol. The fourth-order valence-electron chi connectivity index (χ4n) is 0.969. The number of carbonyl (C=O) groups excluding carboxylic acids is 1. The van der Waals surface area contributed by atoms with Crippen molar-refractivity contribution >= 4 is 17.7 Å². The lowest BCUT2D eigenvalue weighted by molar-refractivity contribution is -0.991. The third kappa shape index (κ3) is 3.51. The van der Waals surface area contributed by atoms with Crippen LogP contribution in [-0.2, 0) is 9.53 Å². The number of esters is 1. The van der Waals surface area contributed by atoms with Crippen molar-refractivity contribution in [1.29, 1.82) is 0 Å². The first kappa shape index (κ1) is 11.4. The lowest BCUT2D eigenvalue weighted by Crippen LogP contribution is -2.99. The average molecular weight is 209 g/mol. The first-order valence-electron chi connectivity index (χ1n) is 4.23. The van der Waals surface area contributed by atoms with Crippen molar-refractivity contribution < 1.29 is 20.0 Å². The fourth-order valence-corrected chi connectivity index (χ4v) is 0.969. The van der Waals surface area contributed by atoms with Gasteiger partial charge < -0.3 is 9.94 Å². The minimum atomic E-state index is -0.974. The Kier molecular flexibility index (Phi) is 3.99. The lowest BCUT2D eigenvalue weighted by atomic mass is 10.2. The molecule has 15 heavy (non-hydrogen) atoms. The maximum atomic E-state index is 10.8. The maximum Gasteiger partial charge on any atom is 0.330 e. The number of methoxy groups -OCH3 is 1. The van der Waals surface area contributed by atoms with E-state index in [0.717, 1.165) is 5.56 Å². The van der Waals surface area contributed by atoms with E-state index in [1.165, 1.54) is 25.3 Å². The van der Waals surface area contributed by atoms with Crippen LogP contribution in [0.15, 0.2) is 30.3 Å². The van der Waals surface area contributed by atoms with Crippen molar-refractivity contribution in [1.82, 2.24) is 0 Å². The zero-order valence-corrected chi connectivity index (χ0v) is 8.14. The SMILES string of the molecule is COC(=O)C=Cc1ccc([NH+]([O-])O)cc1. The van der Waals surface area contributed by atoms with Crippen LogP contribution in [0.1, 0.15) is 5.56 Å². The van der Waals surface area contributed by atoms with Crippen molar-refractivity contribution in [3.8, 4) is 0 Å². The topological polar surface area (TPSA) is 74.0 Å². The Hall–Kier alpha value is -1.69. The summed E-state index contributed by atoms with van der Waals surface area (Å²) in [5.41, 5.74) is 0.954. The van der Waals surface area contributed by atoms with Crippen molar-refractivity contribution in [3.63, 3.8) is 0 Å². The number of nitrogens with one attached hydrogen (secondary N) is 1. The van der Waals surface area contributed by atoms with Crippen molar-refractivity contribution in [2.75, 3.05) is 7.11 Å². The number of benzene rings is 1. The van der Waals surface area contributed by atoms with E-state index in [9.17, 15) is 10.0 Å². The van der Waals surface area contributed by atoms with Gasteiger partial charge in [0.25, 0.3) is 0 Å². The van der Waals surface area contributed by atoms with Gasteiger partial charge in [-0.05, 0) is 23.8 Å². The van der Waals surface area contributed by atoms with E-state index in [2.05, 4.69) is 4.74 Å². The highest BCUT2D eigenvalue weighted by Crippen LogP contribution is 2.06. The average Bonchev–Trinajstić information content (AvgIpc) is 2.26. The Morgan fingerprint density at radius 2 is 2.07 bits per heavy atom. The lowest BCUT2D eigenvalue weighted by Gasteiger charge is -2.10. The molecule has 0 spiro atoms. The Bertz CT molecular complexity index is 356. The molecule has 0 heterocycles. The second-order valence-corrected chi connectivity index (χ2v) is 2.78. The molecule has 0 amide bonds. The standard InChI is InChI=1S/C10H11NO4/c1-15-10(12)7-4-8-2-5-9(6-3-8)11(13)14/h2-7,11,13H,1H3. The van der Waals surface area contributed by atoms with Crippen LogP contribution in [0.25, 0.3) is 6.08 Å². The quantitative estimate of drug-likeness (QED) is 0.426. The fraction of sp³-hybridized carbons (Fsp3) is 0.100. The highest BCUT2D eigenvalue weighted by atomic mass is 16.8. The molecule has 0 aromatic heterocycles. The largest absolute Gasteiger partial charge is 0.595 e. The molecule has 0 aliphatic carbocycles. The zero-order valence-electron chi connectivity index (χ0n) is 8.14. The van der Waals surface area contributed by atoms with Crippen LogP contribution in [-0.4, -0.2) is 18.3 Å². The molecule has 1 aromatic carbocycles. The van der Waals surface area contributed by atoms with E-state index in [0.29, 0.717) is 0 Å². The van der Waals surface area contributed by atoms with E-state index >= 15 is 0 Å². The van der Waals surface area contributed by atoms with Gasteiger partial charge in [-0.2, -0.15) is 5.23 Å². The summed E-state index contributed by atoms with van der Waals surface area (Å²) >= 11 is 0. The van der Waals surface area contributed by atoms with E-state index in [1.807, 2.05) is 0 Å². The van der Waals surface area contributed by atoms with Crippen LogP contribution in [0.5, 0.6) is 0 Å². The normalized spacial score (nSPS) is 12.7. The van der Waals surface area contributed by atoms with Crippen LogP contribution < -0.4 is 5.23 Å². The van der Waals surface area contributed by atoms with Crippen LogP contribution in [0.3, 0.4) is 0 Å². The Morgan fingerprint density at radius 1 is 1.47 bits per heavy atom. The van der Waals surface area contributed by atoms with Crippen LogP contribution in [0.4, 0.5) is 5.69 Å². The molecular weight excluding hydrogens is 198 g/mol. The van der Waals surface area contributed by atoms with Gasteiger partial charge in [0.1, 0.15) is 0 Å². The summed E-state index contributed by atoms with van der Waals surface area (Å²) in [6.07, 6.45) is 2.83. The molecular formula is C10H11NO4. The molecule has 0 radical (unpaired) electrons. The van der Waals surface area contributed by atoms with Gasteiger partial charge in [-0.3, -0.25) is 0 Å². The van der Waals surface area contributed by atoms with Crippen molar-refractivity contribution in [3.05, 3.63) is 41.1 Å². The van der Waals surface area contributed by atoms with Gasteiger partial charge in [0, 0.05) is 18.2 Å². The number of hydrogen-bond acceptors (Lipinski definition) is 4. The molecule has 1 atom stereocenters. The number of hydrogen-bond donors (Lipinski definition) is 2. The molecule has 0 aliphatic heterocycles. The van der Waals surface area contributed by atoms with E-state index < -0.39 is 11.2 Å². The summed E-state index contributed by atoms with van der Waals surface area (Å²) in [7, 11) is 1.29. The molecule has 1 rings (SSSR count). The number of carbonyl (C=O) groups is 1.